The van der Waals surface area contributed by atoms with E-state index in [0.29, 0.717) is 36.1 Å². The van der Waals surface area contributed by atoms with E-state index < -0.39 is 10.0 Å². The molecule has 9 heteroatoms. The number of hydrogen-bond donors (Lipinski definition) is 1. The quantitative estimate of drug-likeness (QED) is 0.836. The molecule has 1 aliphatic heterocycles. The van der Waals surface area contributed by atoms with Crippen molar-refractivity contribution in [3.63, 3.8) is 0 Å². The Morgan fingerprint density at radius 3 is 2.62 bits per heavy atom. The molecule has 2 rings (SSSR count). The number of piperidine rings is 1. The summed E-state index contributed by atoms with van der Waals surface area (Å²) in [5, 5.41) is 7.24. The molecule has 1 aliphatic rings. The fraction of sp³-hybridized carbons (Fsp3) is 0.667. The fourth-order valence-electron chi connectivity index (χ4n) is 2.29. The largest absolute Gasteiger partial charge is 0.380 e. The molecule has 0 atom stereocenters. The number of nitrogens with zero attached hydrogens (tertiary/aromatic N) is 3. The zero-order chi connectivity index (χ0) is 15.6. The first-order chi connectivity index (χ1) is 9.85. The first-order valence-corrected chi connectivity index (χ1v) is 9.21. The van der Waals surface area contributed by atoms with Gasteiger partial charge < -0.3 is 5.32 Å². The van der Waals surface area contributed by atoms with Gasteiger partial charge in [0.05, 0.1) is 17.6 Å². The Morgan fingerprint density at radius 1 is 1.43 bits per heavy atom. The lowest BCUT2D eigenvalue weighted by molar-refractivity contribution is 0.330. The van der Waals surface area contributed by atoms with Crippen molar-refractivity contribution in [3.8, 4) is 0 Å². The summed E-state index contributed by atoms with van der Waals surface area (Å²) in [4.78, 5) is 11.8. The third-order valence-corrected chi connectivity index (χ3v) is 6.30. The van der Waals surface area contributed by atoms with Crippen molar-refractivity contribution < 1.29 is 8.42 Å². The van der Waals surface area contributed by atoms with Gasteiger partial charge in [0.25, 0.3) is 5.56 Å². The molecule has 0 aromatic carbocycles. The standard InChI is InChI=1S/C12H19BrN4O3S/c1-3-21(19,20)17-6-4-9(5-7-17)15-10-8-14-16(2)12(18)11(10)13/h8-9,15H,3-7H2,1-2H3. The monoisotopic (exact) mass is 378 g/mol. The van der Waals surface area contributed by atoms with Gasteiger partial charge in [0.15, 0.2) is 0 Å². The van der Waals surface area contributed by atoms with Gasteiger partial charge in [0, 0.05) is 26.2 Å². The van der Waals surface area contributed by atoms with Crippen LogP contribution in [0.25, 0.3) is 0 Å². The molecule has 0 saturated carbocycles. The van der Waals surface area contributed by atoms with Gasteiger partial charge in [-0.05, 0) is 35.7 Å². The lowest BCUT2D eigenvalue weighted by Crippen LogP contribution is -2.43. The number of sulfonamides is 1. The molecular formula is C12H19BrN4O3S. The van der Waals surface area contributed by atoms with Crippen molar-refractivity contribution in [1.29, 1.82) is 0 Å². The number of halogens is 1. The zero-order valence-electron chi connectivity index (χ0n) is 12.0. The van der Waals surface area contributed by atoms with E-state index in [0.717, 1.165) is 0 Å². The topological polar surface area (TPSA) is 84.3 Å². The van der Waals surface area contributed by atoms with Crippen molar-refractivity contribution in [1.82, 2.24) is 14.1 Å². The van der Waals surface area contributed by atoms with E-state index in [4.69, 9.17) is 0 Å². The van der Waals surface area contributed by atoms with Gasteiger partial charge in [-0.25, -0.2) is 17.4 Å². The molecule has 0 bridgehead atoms. The van der Waals surface area contributed by atoms with Crippen molar-refractivity contribution in [2.24, 2.45) is 7.05 Å². The van der Waals surface area contributed by atoms with Gasteiger partial charge in [-0.1, -0.05) is 0 Å². The number of nitrogens with one attached hydrogen (secondary N) is 1. The minimum absolute atomic E-state index is 0.134. The van der Waals surface area contributed by atoms with E-state index in [1.54, 1.807) is 20.2 Å². The van der Waals surface area contributed by atoms with Gasteiger partial charge in [0.2, 0.25) is 10.0 Å². The van der Waals surface area contributed by atoms with Crippen molar-refractivity contribution in [2.75, 3.05) is 24.2 Å². The Balaban J connectivity index is 2.02. The highest BCUT2D eigenvalue weighted by Crippen LogP contribution is 2.22. The Morgan fingerprint density at radius 2 is 2.05 bits per heavy atom. The Bertz CT molecular complexity index is 666. The SMILES string of the molecule is CCS(=O)(=O)N1CCC(Nc2cnn(C)c(=O)c2Br)CC1. The molecule has 0 radical (unpaired) electrons. The van der Waals surface area contributed by atoms with Gasteiger partial charge >= 0.3 is 0 Å². The minimum Gasteiger partial charge on any atom is -0.380 e. The van der Waals surface area contributed by atoms with Crippen LogP contribution in [0.1, 0.15) is 19.8 Å². The van der Waals surface area contributed by atoms with Crippen LogP contribution in [-0.4, -0.2) is 47.4 Å². The van der Waals surface area contributed by atoms with E-state index in [2.05, 4.69) is 26.3 Å². The highest BCUT2D eigenvalue weighted by atomic mass is 79.9. The summed E-state index contributed by atoms with van der Waals surface area (Å²) in [6, 6.07) is 0.138. The summed E-state index contributed by atoms with van der Waals surface area (Å²) >= 11 is 3.27. The molecule has 1 aromatic heterocycles. The van der Waals surface area contributed by atoms with Crippen LogP contribution in [0.5, 0.6) is 0 Å². The van der Waals surface area contributed by atoms with Crippen LogP contribution in [-0.2, 0) is 17.1 Å². The van der Waals surface area contributed by atoms with Crippen molar-refractivity contribution >= 4 is 31.6 Å². The van der Waals surface area contributed by atoms with Crippen LogP contribution in [0.3, 0.4) is 0 Å². The summed E-state index contributed by atoms with van der Waals surface area (Å²) in [6.07, 6.45) is 3.02. The van der Waals surface area contributed by atoms with Gasteiger partial charge in [0.1, 0.15) is 4.47 Å². The van der Waals surface area contributed by atoms with Crippen LogP contribution in [0.2, 0.25) is 0 Å². The van der Waals surface area contributed by atoms with Crippen LogP contribution in [0.15, 0.2) is 15.5 Å². The summed E-state index contributed by atoms with van der Waals surface area (Å²) in [5.74, 6) is 0.134. The van der Waals surface area contributed by atoms with E-state index >= 15 is 0 Å². The summed E-state index contributed by atoms with van der Waals surface area (Å²) in [6.45, 7) is 2.66. The maximum atomic E-state index is 11.8. The molecule has 0 amide bonds. The number of aromatic nitrogens is 2. The third kappa shape index (κ3) is 3.64. The summed E-state index contributed by atoms with van der Waals surface area (Å²) < 4.78 is 26.8. The van der Waals surface area contributed by atoms with E-state index in [9.17, 15) is 13.2 Å². The first-order valence-electron chi connectivity index (χ1n) is 6.81. The molecule has 118 valence electrons. The number of rotatable bonds is 4. The van der Waals surface area contributed by atoms with Gasteiger partial charge in [-0.3, -0.25) is 4.79 Å². The maximum absolute atomic E-state index is 11.8. The second-order valence-corrected chi connectivity index (χ2v) is 8.07. The summed E-state index contributed by atoms with van der Waals surface area (Å²) in [5.41, 5.74) is 0.445. The second-order valence-electron chi connectivity index (χ2n) is 5.02. The van der Waals surface area contributed by atoms with Crippen molar-refractivity contribution in [3.05, 3.63) is 21.0 Å². The lowest BCUT2D eigenvalue weighted by Gasteiger charge is -2.31. The van der Waals surface area contributed by atoms with Crippen LogP contribution < -0.4 is 10.9 Å². The molecule has 21 heavy (non-hydrogen) atoms. The predicted octanol–water partition coefficient (Wildman–Crippen LogP) is 0.769. The fourth-order valence-corrected chi connectivity index (χ4v) is 3.90. The molecule has 1 saturated heterocycles. The molecular weight excluding hydrogens is 360 g/mol. The normalized spacial score (nSPS) is 17.9. The average Bonchev–Trinajstić information content (AvgIpc) is 2.48. The Labute approximate surface area is 132 Å². The summed E-state index contributed by atoms with van der Waals surface area (Å²) in [7, 11) is -1.52. The van der Waals surface area contributed by atoms with Crippen LogP contribution >= 0.6 is 15.9 Å². The van der Waals surface area contributed by atoms with Crippen molar-refractivity contribution in [2.45, 2.75) is 25.8 Å². The molecule has 0 spiro atoms. The molecule has 0 aliphatic carbocycles. The van der Waals surface area contributed by atoms with Gasteiger partial charge in [-0.15, -0.1) is 0 Å². The third-order valence-electron chi connectivity index (χ3n) is 3.65. The molecule has 2 heterocycles. The first kappa shape index (κ1) is 16.4. The van der Waals surface area contributed by atoms with E-state index in [1.807, 2.05) is 0 Å². The smallest absolute Gasteiger partial charge is 0.282 e. The lowest BCUT2D eigenvalue weighted by atomic mass is 10.1. The second kappa shape index (κ2) is 6.45. The minimum atomic E-state index is -3.11. The molecule has 1 aromatic rings. The van der Waals surface area contributed by atoms with Crippen LogP contribution in [0, 0.1) is 0 Å². The molecule has 1 N–H and O–H groups in total. The van der Waals surface area contributed by atoms with Crippen LogP contribution in [0.4, 0.5) is 5.69 Å². The number of hydrogen-bond acceptors (Lipinski definition) is 5. The van der Waals surface area contributed by atoms with Gasteiger partial charge in [-0.2, -0.15) is 5.10 Å². The average molecular weight is 379 g/mol. The number of aryl methyl sites for hydroxylation is 1. The molecule has 1 fully saturated rings. The maximum Gasteiger partial charge on any atom is 0.282 e. The predicted molar refractivity (Wildman–Crippen MR) is 84.9 cm³/mol. The zero-order valence-corrected chi connectivity index (χ0v) is 14.4. The van der Waals surface area contributed by atoms with E-state index in [1.165, 1.54) is 8.99 Å². The van der Waals surface area contributed by atoms with E-state index in [-0.39, 0.29) is 17.4 Å². The highest BCUT2D eigenvalue weighted by Gasteiger charge is 2.27. The number of anilines is 1. The molecule has 7 nitrogen and oxygen atoms in total. The Kier molecular flexibility index (Phi) is 5.05. The molecule has 0 unspecified atom stereocenters. The highest BCUT2D eigenvalue weighted by molar-refractivity contribution is 9.10. The Hall–Kier alpha value is -0.930.